The first kappa shape index (κ1) is 10.7. The second-order valence-corrected chi connectivity index (χ2v) is 4.41. The van der Waals surface area contributed by atoms with Gasteiger partial charge in [0.1, 0.15) is 0 Å². The van der Waals surface area contributed by atoms with Gasteiger partial charge in [0.15, 0.2) is 0 Å². The van der Waals surface area contributed by atoms with Crippen LogP contribution >= 0.6 is 0 Å². The maximum Gasteiger partial charge on any atom is 0.0278 e. The molecule has 1 saturated heterocycles. The number of rotatable bonds is 4. The third-order valence-electron chi connectivity index (χ3n) is 2.81. The van der Waals surface area contributed by atoms with Crippen molar-refractivity contribution in [1.29, 1.82) is 0 Å². The van der Waals surface area contributed by atoms with Gasteiger partial charge in [-0.1, -0.05) is 6.08 Å². The molecule has 0 aromatic carbocycles. The molecule has 0 bridgehead atoms. The number of allylic oxidation sites excluding steroid dienone is 1. The molecule has 1 fully saturated rings. The van der Waals surface area contributed by atoms with Crippen molar-refractivity contribution in [2.75, 3.05) is 26.2 Å². The van der Waals surface area contributed by atoms with Gasteiger partial charge in [0, 0.05) is 25.2 Å². The van der Waals surface area contributed by atoms with Gasteiger partial charge in [0.2, 0.25) is 0 Å². The summed E-state index contributed by atoms with van der Waals surface area (Å²) in [5.74, 6) is 0. The van der Waals surface area contributed by atoms with E-state index in [-0.39, 0.29) is 0 Å². The van der Waals surface area contributed by atoms with Crippen LogP contribution in [0.5, 0.6) is 0 Å². The molecule has 1 rings (SSSR count). The van der Waals surface area contributed by atoms with E-state index in [4.69, 9.17) is 0 Å². The molecule has 0 spiro atoms. The van der Waals surface area contributed by atoms with E-state index in [0.717, 1.165) is 19.5 Å². The molecular weight excluding hydrogens is 160 g/mol. The third kappa shape index (κ3) is 3.12. The Morgan fingerprint density at radius 1 is 1.54 bits per heavy atom. The van der Waals surface area contributed by atoms with Gasteiger partial charge >= 0.3 is 0 Å². The van der Waals surface area contributed by atoms with Gasteiger partial charge in [-0.15, -0.1) is 6.58 Å². The predicted octanol–water partition coefficient (Wildman–Crippen LogP) is 1.64. The quantitative estimate of drug-likeness (QED) is 0.525. The van der Waals surface area contributed by atoms with Gasteiger partial charge < -0.3 is 5.32 Å². The number of nitrogens with zero attached hydrogens (tertiary/aromatic N) is 1. The third-order valence-corrected chi connectivity index (χ3v) is 2.81. The molecule has 0 radical (unpaired) electrons. The van der Waals surface area contributed by atoms with E-state index in [1.165, 1.54) is 19.5 Å². The summed E-state index contributed by atoms with van der Waals surface area (Å²) in [6.45, 7) is 13.0. The minimum atomic E-state index is 0.333. The summed E-state index contributed by atoms with van der Waals surface area (Å²) in [5, 5.41) is 3.43. The highest BCUT2D eigenvalue weighted by atomic mass is 15.2. The molecule has 76 valence electrons. The molecule has 13 heavy (non-hydrogen) atoms. The van der Waals surface area contributed by atoms with E-state index < -0.39 is 0 Å². The minimum absolute atomic E-state index is 0.333. The molecule has 0 saturated carbocycles. The summed E-state index contributed by atoms with van der Waals surface area (Å²) >= 11 is 0. The second-order valence-electron chi connectivity index (χ2n) is 4.41. The number of hydrogen-bond acceptors (Lipinski definition) is 2. The molecule has 1 aliphatic heterocycles. The topological polar surface area (TPSA) is 15.3 Å². The highest BCUT2D eigenvalue weighted by Gasteiger charge is 2.28. The van der Waals surface area contributed by atoms with Crippen LogP contribution < -0.4 is 5.32 Å². The second kappa shape index (κ2) is 4.77. The van der Waals surface area contributed by atoms with E-state index in [1.54, 1.807) is 0 Å². The van der Waals surface area contributed by atoms with E-state index in [2.05, 4.69) is 30.6 Å². The fraction of sp³-hybridized carbons (Fsp3) is 0.818. The van der Waals surface area contributed by atoms with Gasteiger partial charge in [0.05, 0.1) is 0 Å². The molecule has 1 N–H and O–H groups in total. The molecule has 1 heterocycles. The van der Waals surface area contributed by atoms with Crippen LogP contribution in [0.1, 0.15) is 26.7 Å². The van der Waals surface area contributed by atoms with E-state index in [9.17, 15) is 0 Å². The number of unbranched alkanes of at least 4 members (excludes halogenated alkanes) is 1. The van der Waals surface area contributed by atoms with Crippen LogP contribution in [-0.2, 0) is 0 Å². The highest BCUT2D eigenvalue weighted by Crippen LogP contribution is 2.16. The number of nitrogens with one attached hydrogen (secondary N) is 1. The Labute approximate surface area is 82.0 Å². The molecule has 2 heteroatoms. The maximum absolute atomic E-state index is 3.75. The van der Waals surface area contributed by atoms with Crippen molar-refractivity contribution in [2.45, 2.75) is 32.2 Å². The van der Waals surface area contributed by atoms with Crippen molar-refractivity contribution < 1.29 is 0 Å². The van der Waals surface area contributed by atoms with Crippen LogP contribution in [-0.4, -0.2) is 36.6 Å². The van der Waals surface area contributed by atoms with Crippen LogP contribution in [0.15, 0.2) is 12.7 Å². The lowest BCUT2D eigenvalue weighted by Gasteiger charge is -2.42. The van der Waals surface area contributed by atoms with Crippen molar-refractivity contribution in [3.8, 4) is 0 Å². The van der Waals surface area contributed by atoms with Crippen LogP contribution in [0, 0.1) is 0 Å². The Kier molecular flexibility index (Phi) is 3.94. The Morgan fingerprint density at radius 3 is 2.92 bits per heavy atom. The molecule has 0 atom stereocenters. The van der Waals surface area contributed by atoms with Gasteiger partial charge in [-0.2, -0.15) is 0 Å². The Balaban J connectivity index is 2.32. The van der Waals surface area contributed by atoms with Crippen LogP contribution in [0.3, 0.4) is 0 Å². The summed E-state index contributed by atoms with van der Waals surface area (Å²) in [6, 6.07) is 0. The summed E-state index contributed by atoms with van der Waals surface area (Å²) in [4.78, 5) is 2.58. The highest BCUT2D eigenvalue weighted by molar-refractivity contribution is 4.88. The Bertz CT molecular complexity index is 163. The zero-order chi connectivity index (χ0) is 9.73. The minimum Gasteiger partial charge on any atom is -0.314 e. The summed E-state index contributed by atoms with van der Waals surface area (Å²) in [5.41, 5.74) is 0.333. The normalized spacial score (nSPS) is 22.9. The average Bonchev–Trinajstić information content (AvgIpc) is 2.08. The standard InChI is InChI=1S/C11H22N2/c1-4-5-6-8-13-9-7-12-10-11(13,2)3/h4,12H,1,5-10H2,2-3H3. The lowest BCUT2D eigenvalue weighted by Crippen LogP contribution is -2.57. The molecule has 0 aromatic rings. The van der Waals surface area contributed by atoms with E-state index in [1.807, 2.05) is 6.08 Å². The first-order valence-corrected chi connectivity index (χ1v) is 5.23. The first-order valence-electron chi connectivity index (χ1n) is 5.23. The molecule has 0 aliphatic carbocycles. The van der Waals surface area contributed by atoms with Crippen molar-refractivity contribution >= 4 is 0 Å². The smallest absolute Gasteiger partial charge is 0.0278 e. The maximum atomic E-state index is 3.75. The molecule has 2 nitrogen and oxygen atoms in total. The van der Waals surface area contributed by atoms with Gasteiger partial charge in [-0.05, 0) is 33.2 Å². The summed E-state index contributed by atoms with van der Waals surface area (Å²) < 4.78 is 0. The van der Waals surface area contributed by atoms with Crippen molar-refractivity contribution in [3.05, 3.63) is 12.7 Å². The molecule has 0 unspecified atom stereocenters. The Morgan fingerprint density at radius 2 is 2.31 bits per heavy atom. The van der Waals surface area contributed by atoms with Crippen molar-refractivity contribution in [1.82, 2.24) is 10.2 Å². The van der Waals surface area contributed by atoms with Gasteiger partial charge in [0.25, 0.3) is 0 Å². The summed E-state index contributed by atoms with van der Waals surface area (Å²) in [6.07, 6.45) is 4.39. The molecular formula is C11H22N2. The summed E-state index contributed by atoms with van der Waals surface area (Å²) in [7, 11) is 0. The molecule has 0 aromatic heterocycles. The van der Waals surface area contributed by atoms with Gasteiger partial charge in [-0.25, -0.2) is 0 Å². The zero-order valence-electron chi connectivity index (χ0n) is 8.97. The largest absolute Gasteiger partial charge is 0.314 e. The molecule has 1 aliphatic rings. The first-order chi connectivity index (χ1) is 6.17. The predicted molar refractivity (Wildman–Crippen MR) is 58.0 cm³/mol. The SMILES string of the molecule is C=CCCCN1CCNCC1(C)C. The fourth-order valence-electron chi connectivity index (χ4n) is 1.86. The van der Waals surface area contributed by atoms with Crippen LogP contribution in [0.4, 0.5) is 0 Å². The van der Waals surface area contributed by atoms with E-state index >= 15 is 0 Å². The van der Waals surface area contributed by atoms with Crippen molar-refractivity contribution in [2.24, 2.45) is 0 Å². The van der Waals surface area contributed by atoms with Crippen molar-refractivity contribution in [3.63, 3.8) is 0 Å². The van der Waals surface area contributed by atoms with Crippen LogP contribution in [0.25, 0.3) is 0 Å². The van der Waals surface area contributed by atoms with Crippen LogP contribution in [0.2, 0.25) is 0 Å². The lowest BCUT2D eigenvalue weighted by atomic mass is 10.00. The number of hydrogen-bond donors (Lipinski definition) is 1. The zero-order valence-corrected chi connectivity index (χ0v) is 8.97. The van der Waals surface area contributed by atoms with Gasteiger partial charge in [-0.3, -0.25) is 4.90 Å². The number of piperazine rings is 1. The lowest BCUT2D eigenvalue weighted by molar-refractivity contribution is 0.0898. The monoisotopic (exact) mass is 182 g/mol. The Hall–Kier alpha value is -0.340. The average molecular weight is 182 g/mol. The van der Waals surface area contributed by atoms with E-state index in [0.29, 0.717) is 5.54 Å². The molecule has 0 amide bonds. The fourth-order valence-corrected chi connectivity index (χ4v) is 1.86.